The molecule has 2 aromatic heterocycles. The summed E-state index contributed by atoms with van der Waals surface area (Å²) in [5, 5.41) is 11.9. The van der Waals surface area contributed by atoms with Crippen molar-refractivity contribution in [3.63, 3.8) is 0 Å². The summed E-state index contributed by atoms with van der Waals surface area (Å²) in [6.45, 7) is 1.75. The van der Waals surface area contributed by atoms with E-state index in [0.717, 1.165) is 5.69 Å². The predicted octanol–water partition coefficient (Wildman–Crippen LogP) is 1.80. The van der Waals surface area contributed by atoms with Crippen LogP contribution in [0.2, 0.25) is 0 Å². The van der Waals surface area contributed by atoms with E-state index in [1.807, 2.05) is 18.2 Å². The lowest BCUT2D eigenvalue weighted by atomic mass is 10.3. The van der Waals surface area contributed by atoms with Crippen molar-refractivity contribution >= 4 is 11.5 Å². The maximum atomic E-state index is 8.77. The molecule has 0 amide bonds. The zero-order valence-corrected chi connectivity index (χ0v) is 8.68. The van der Waals surface area contributed by atoms with E-state index < -0.39 is 0 Å². The minimum Gasteiger partial charge on any atom is -0.340 e. The van der Waals surface area contributed by atoms with Gasteiger partial charge in [0.05, 0.1) is 0 Å². The molecule has 16 heavy (non-hydrogen) atoms. The molecule has 0 aliphatic heterocycles. The lowest BCUT2D eigenvalue weighted by Crippen LogP contribution is -1.98. The quantitative estimate of drug-likeness (QED) is 0.819. The fourth-order valence-corrected chi connectivity index (χ4v) is 1.27. The lowest BCUT2D eigenvalue weighted by Gasteiger charge is -2.05. The zero-order valence-electron chi connectivity index (χ0n) is 8.68. The van der Waals surface area contributed by atoms with Crippen molar-refractivity contribution in [1.82, 2.24) is 15.0 Å². The number of rotatable bonds is 2. The largest absolute Gasteiger partial charge is 0.340 e. The van der Waals surface area contributed by atoms with Crippen molar-refractivity contribution in [2.75, 3.05) is 5.32 Å². The molecule has 2 aromatic rings. The lowest BCUT2D eigenvalue weighted by molar-refractivity contribution is 1.04. The van der Waals surface area contributed by atoms with E-state index in [1.165, 1.54) is 0 Å². The number of nitrogens with zero attached hydrogens (tertiary/aromatic N) is 4. The molecule has 0 saturated carbocycles. The van der Waals surface area contributed by atoms with Crippen LogP contribution in [0.25, 0.3) is 0 Å². The summed E-state index contributed by atoms with van der Waals surface area (Å²) >= 11 is 0. The van der Waals surface area contributed by atoms with Gasteiger partial charge in [0.25, 0.3) is 0 Å². The summed E-state index contributed by atoms with van der Waals surface area (Å²) in [6.07, 6.45) is 3.36. The van der Waals surface area contributed by atoms with E-state index in [9.17, 15) is 0 Å². The van der Waals surface area contributed by atoms with Gasteiger partial charge in [-0.15, -0.1) is 0 Å². The highest BCUT2D eigenvalue weighted by atomic mass is 15.0. The Hall–Kier alpha value is -2.48. The second-order valence-electron chi connectivity index (χ2n) is 3.16. The summed E-state index contributed by atoms with van der Waals surface area (Å²) in [7, 11) is 0. The van der Waals surface area contributed by atoms with E-state index in [1.54, 1.807) is 25.4 Å². The average Bonchev–Trinajstić information content (AvgIpc) is 2.29. The second kappa shape index (κ2) is 4.36. The number of aryl methyl sites for hydroxylation is 1. The number of hydrogen-bond acceptors (Lipinski definition) is 5. The number of aromatic nitrogens is 3. The summed E-state index contributed by atoms with van der Waals surface area (Å²) in [6, 6.07) is 7.24. The van der Waals surface area contributed by atoms with Crippen LogP contribution >= 0.6 is 0 Å². The Morgan fingerprint density at radius 1 is 1.25 bits per heavy atom. The number of pyridine rings is 1. The van der Waals surface area contributed by atoms with Crippen LogP contribution in [-0.2, 0) is 0 Å². The number of nitrogens with one attached hydrogen (secondary N) is 1. The maximum Gasteiger partial charge on any atom is 0.146 e. The monoisotopic (exact) mass is 211 g/mol. The summed E-state index contributed by atoms with van der Waals surface area (Å²) in [5.74, 6) is 1.17. The number of anilines is 2. The minimum absolute atomic E-state index is 0.351. The molecule has 0 aromatic carbocycles. The van der Waals surface area contributed by atoms with Crippen molar-refractivity contribution < 1.29 is 0 Å². The molecule has 0 bridgehead atoms. The van der Waals surface area contributed by atoms with Crippen LogP contribution < -0.4 is 5.32 Å². The van der Waals surface area contributed by atoms with Crippen LogP contribution in [0.15, 0.2) is 30.6 Å². The van der Waals surface area contributed by atoms with Gasteiger partial charge in [0.2, 0.25) is 0 Å². The van der Waals surface area contributed by atoms with E-state index in [0.29, 0.717) is 17.3 Å². The van der Waals surface area contributed by atoms with Crippen molar-refractivity contribution in [1.29, 1.82) is 5.26 Å². The zero-order chi connectivity index (χ0) is 11.4. The van der Waals surface area contributed by atoms with Gasteiger partial charge < -0.3 is 5.32 Å². The van der Waals surface area contributed by atoms with Crippen LogP contribution in [0.1, 0.15) is 11.5 Å². The molecule has 1 N–H and O–H groups in total. The highest BCUT2D eigenvalue weighted by Crippen LogP contribution is 2.13. The Balaban J connectivity index is 2.29. The van der Waals surface area contributed by atoms with Crippen LogP contribution in [-0.4, -0.2) is 15.0 Å². The molecule has 2 heterocycles. The van der Waals surface area contributed by atoms with Crippen LogP contribution in [0, 0.1) is 18.3 Å². The van der Waals surface area contributed by atoms with Crippen LogP contribution in [0.5, 0.6) is 0 Å². The fraction of sp³-hybridized carbons (Fsp3) is 0.0909. The van der Waals surface area contributed by atoms with E-state index in [4.69, 9.17) is 5.26 Å². The van der Waals surface area contributed by atoms with Gasteiger partial charge in [-0.2, -0.15) is 5.26 Å². The molecule has 5 heteroatoms. The Morgan fingerprint density at radius 3 is 2.69 bits per heavy atom. The first kappa shape index (κ1) is 10.1. The molecule has 0 radical (unpaired) electrons. The molecule has 0 saturated heterocycles. The summed E-state index contributed by atoms with van der Waals surface area (Å²) in [5.41, 5.74) is 1.22. The van der Waals surface area contributed by atoms with Crippen molar-refractivity contribution in [3.8, 4) is 6.07 Å². The summed E-state index contributed by atoms with van der Waals surface area (Å²) < 4.78 is 0. The molecule has 5 nitrogen and oxygen atoms in total. The first-order chi connectivity index (χ1) is 7.78. The molecule has 2 rings (SSSR count). The second-order valence-corrected chi connectivity index (χ2v) is 3.16. The van der Waals surface area contributed by atoms with Gasteiger partial charge in [-0.3, -0.25) is 4.98 Å². The SMILES string of the molecule is Cc1nc(C#N)cc(Nc2ccncc2)n1. The minimum atomic E-state index is 0.351. The van der Waals surface area contributed by atoms with Gasteiger partial charge >= 0.3 is 0 Å². The third-order valence-electron chi connectivity index (χ3n) is 1.91. The van der Waals surface area contributed by atoms with E-state index in [2.05, 4.69) is 20.3 Å². The topological polar surface area (TPSA) is 74.5 Å². The highest BCUT2D eigenvalue weighted by molar-refractivity contribution is 5.56. The van der Waals surface area contributed by atoms with Crippen molar-refractivity contribution in [2.45, 2.75) is 6.92 Å². The van der Waals surface area contributed by atoms with Gasteiger partial charge in [0.15, 0.2) is 0 Å². The van der Waals surface area contributed by atoms with Gasteiger partial charge in [0.1, 0.15) is 23.4 Å². The molecule has 0 aliphatic rings. The molecule has 0 aliphatic carbocycles. The Labute approximate surface area is 92.8 Å². The Bertz CT molecular complexity index is 530. The highest BCUT2D eigenvalue weighted by Gasteiger charge is 2.01. The molecule has 78 valence electrons. The first-order valence-electron chi connectivity index (χ1n) is 4.71. The molecular formula is C11H9N5. The first-order valence-corrected chi connectivity index (χ1v) is 4.71. The van der Waals surface area contributed by atoms with Gasteiger partial charge in [-0.05, 0) is 19.1 Å². The third kappa shape index (κ3) is 2.30. The normalized spacial score (nSPS) is 9.50. The Morgan fingerprint density at radius 2 is 2.00 bits per heavy atom. The van der Waals surface area contributed by atoms with E-state index in [-0.39, 0.29) is 0 Å². The standard InChI is InChI=1S/C11H9N5/c1-8-14-10(7-12)6-11(15-8)16-9-2-4-13-5-3-9/h2-6H,1H3,(H,13,14,15,16). The predicted molar refractivity (Wildman–Crippen MR) is 59.0 cm³/mol. The number of hydrogen-bond donors (Lipinski definition) is 1. The van der Waals surface area contributed by atoms with Crippen LogP contribution in [0.4, 0.5) is 11.5 Å². The van der Waals surface area contributed by atoms with Gasteiger partial charge in [0, 0.05) is 24.1 Å². The van der Waals surface area contributed by atoms with Crippen molar-refractivity contribution in [2.24, 2.45) is 0 Å². The van der Waals surface area contributed by atoms with Crippen molar-refractivity contribution in [3.05, 3.63) is 42.1 Å². The maximum absolute atomic E-state index is 8.77. The average molecular weight is 211 g/mol. The molecule has 0 atom stereocenters. The van der Waals surface area contributed by atoms with Gasteiger partial charge in [-0.25, -0.2) is 9.97 Å². The fourth-order valence-electron chi connectivity index (χ4n) is 1.27. The summed E-state index contributed by atoms with van der Waals surface area (Å²) in [4.78, 5) is 12.1. The van der Waals surface area contributed by atoms with Gasteiger partial charge in [-0.1, -0.05) is 0 Å². The van der Waals surface area contributed by atoms with Crippen LogP contribution in [0.3, 0.4) is 0 Å². The molecule has 0 fully saturated rings. The molecular weight excluding hydrogens is 202 g/mol. The smallest absolute Gasteiger partial charge is 0.146 e. The Kier molecular flexibility index (Phi) is 2.74. The third-order valence-corrected chi connectivity index (χ3v) is 1.91. The molecule has 0 unspecified atom stereocenters. The molecule has 0 spiro atoms. The van der Waals surface area contributed by atoms with E-state index >= 15 is 0 Å². The number of nitriles is 1.